The molecule has 0 rings (SSSR count). The number of rotatable bonds is 4. The minimum atomic E-state index is -3.24. The molecule has 0 aliphatic rings. The van der Waals surface area contributed by atoms with Gasteiger partial charge < -0.3 is 11.4 Å². The molecule has 12 heavy (non-hydrogen) atoms. The Bertz CT molecular complexity index is 225. The minimum absolute atomic E-state index is 0. The van der Waals surface area contributed by atoms with E-state index in [9.17, 15) is 14.2 Å². The first-order chi connectivity index (χ1) is 4.83. The normalized spacial score (nSPS) is 14.2. The summed E-state index contributed by atoms with van der Waals surface area (Å²) in [6.07, 6.45) is -0.641. The molecule has 0 heterocycles. The third-order valence-corrected chi connectivity index (χ3v) is 2.05. The summed E-state index contributed by atoms with van der Waals surface area (Å²) < 4.78 is 10.6. The quantitative estimate of drug-likeness (QED) is 0.290. The molecule has 5 nitrogen and oxygen atoms in total. The van der Waals surface area contributed by atoms with Crippen LogP contribution in [0.4, 0.5) is 0 Å². The number of carbonyl (C=O) groups is 2. The number of Topliss-reactive ketones (excluding diaryl/α,β-unsaturated/α-hetero) is 1. The number of carbonyl (C=O) groups excluding carboxylic acids is 1. The summed E-state index contributed by atoms with van der Waals surface area (Å²) >= 11 is 0. The van der Waals surface area contributed by atoms with E-state index < -0.39 is 19.1 Å². The molecule has 0 spiro atoms. The molecule has 66 valence electrons. The Morgan fingerprint density at radius 2 is 1.92 bits per heavy atom. The minimum Gasteiger partial charge on any atom is -1.00 e. The molecular formula is C5H10NaO5P. The van der Waals surface area contributed by atoms with Crippen molar-refractivity contribution in [1.29, 1.82) is 0 Å². The first kappa shape index (κ1) is 14.8. The van der Waals surface area contributed by atoms with Gasteiger partial charge in [0.15, 0.2) is 7.37 Å². The van der Waals surface area contributed by atoms with Crippen LogP contribution in [0.1, 0.15) is 7.85 Å². The van der Waals surface area contributed by atoms with Crippen molar-refractivity contribution in [2.45, 2.75) is 6.42 Å². The van der Waals surface area contributed by atoms with Crippen LogP contribution in [-0.4, -0.2) is 34.6 Å². The van der Waals surface area contributed by atoms with Crippen LogP contribution >= 0.6 is 7.37 Å². The van der Waals surface area contributed by atoms with E-state index >= 15 is 0 Å². The Labute approximate surface area is 93.4 Å². The van der Waals surface area contributed by atoms with Gasteiger partial charge in [-0.15, -0.1) is 0 Å². The molecule has 0 aromatic heterocycles. The maximum atomic E-state index is 10.6. The fraction of sp³-hybridized carbons (Fsp3) is 0.600. The summed E-state index contributed by atoms with van der Waals surface area (Å²) in [5.74, 6) is -2.58. The molecule has 0 amide bonds. The number of hydrogen-bond donors (Lipinski definition) is 2. The second-order valence-corrected chi connectivity index (χ2v) is 4.80. The average Bonchev–Trinajstić information content (AvgIpc) is 1.80. The Morgan fingerprint density at radius 3 is 2.17 bits per heavy atom. The fourth-order valence-corrected chi connectivity index (χ4v) is 1.03. The van der Waals surface area contributed by atoms with E-state index in [2.05, 4.69) is 0 Å². The number of hydrogen-bond acceptors (Lipinski definition) is 3. The zero-order chi connectivity index (χ0) is 9.07. The van der Waals surface area contributed by atoms with E-state index in [-0.39, 0.29) is 43.6 Å². The van der Waals surface area contributed by atoms with Crippen molar-refractivity contribution in [3.8, 4) is 0 Å². The molecule has 0 fully saturated rings. The third kappa shape index (κ3) is 8.43. The van der Waals surface area contributed by atoms with Crippen LogP contribution < -0.4 is 29.6 Å². The first-order valence-electron chi connectivity index (χ1n) is 2.88. The van der Waals surface area contributed by atoms with Gasteiger partial charge in [0, 0.05) is 19.2 Å². The summed E-state index contributed by atoms with van der Waals surface area (Å²) in [4.78, 5) is 28.9. The molecule has 0 aliphatic heterocycles. The summed E-state index contributed by atoms with van der Waals surface area (Å²) in [5.41, 5.74) is 0. The van der Waals surface area contributed by atoms with Crippen molar-refractivity contribution in [1.82, 2.24) is 0 Å². The average molecular weight is 204 g/mol. The van der Waals surface area contributed by atoms with Crippen LogP contribution in [0.25, 0.3) is 0 Å². The van der Waals surface area contributed by atoms with Gasteiger partial charge in [-0.05, 0) is 0 Å². The standard InChI is InChI=1S/C5H9O5P.Na.H/c1-11(9,10)3-2-4(6)5(7)8;;/h2-3H2,1H3,(H,7,8)(H,9,10);;/q;+1;-1. The summed E-state index contributed by atoms with van der Waals surface area (Å²) in [6.45, 7) is 1.09. The number of ketones is 1. The molecule has 0 aliphatic carbocycles. The largest absolute Gasteiger partial charge is 1.00 e. The number of aliphatic carboxylic acids is 1. The van der Waals surface area contributed by atoms with Gasteiger partial charge in [0.25, 0.3) is 0 Å². The molecule has 0 radical (unpaired) electrons. The summed E-state index contributed by atoms with van der Waals surface area (Å²) in [5, 5.41) is 8.06. The molecular weight excluding hydrogens is 194 g/mol. The summed E-state index contributed by atoms with van der Waals surface area (Å²) in [7, 11) is -3.24. The predicted octanol–water partition coefficient (Wildman–Crippen LogP) is -2.95. The Morgan fingerprint density at radius 1 is 1.50 bits per heavy atom. The van der Waals surface area contributed by atoms with Crippen molar-refractivity contribution < 1.29 is 55.1 Å². The zero-order valence-electron chi connectivity index (χ0n) is 7.98. The summed E-state index contributed by atoms with van der Waals surface area (Å²) in [6, 6.07) is 0. The van der Waals surface area contributed by atoms with Crippen LogP contribution in [0.5, 0.6) is 0 Å². The van der Waals surface area contributed by atoms with Crippen molar-refractivity contribution in [2.24, 2.45) is 0 Å². The van der Waals surface area contributed by atoms with Gasteiger partial charge >= 0.3 is 35.5 Å². The molecule has 0 aromatic rings. The van der Waals surface area contributed by atoms with Crippen LogP contribution in [0.2, 0.25) is 0 Å². The number of carboxylic acids is 1. The molecule has 0 saturated heterocycles. The number of carboxylic acid groups (broad SMARTS) is 1. The van der Waals surface area contributed by atoms with Crippen LogP contribution in [0.15, 0.2) is 0 Å². The van der Waals surface area contributed by atoms with Crippen molar-refractivity contribution in [2.75, 3.05) is 12.8 Å². The van der Waals surface area contributed by atoms with E-state index in [0.29, 0.717) is 0 Å². The van der Waals surface area contributed by atoms with Gasteiger partial charge in [-0.25, -0.2) is 4.79 Å². The predicted molar refractivity (Wildman–Crippen MR) is 39.0 cm³/mol. The smallest absolute Gasteiger partial charge is 1.00 e. The van der Waals surface area contributed by atoms with E-state index in [1.807, 2.05) is 0 Å². The Balaban J connectivity index is -0.000000500. The maximum absolute atomic E-state index is 10.6. The van der Waals surface area contributed by atoms with Gasteiger partial charge in [-0.1, -0.05) is 0 Å². The fourth-order valence-electron chi connectivity index (χ4n) is 0.416. The van der Waals surface area contributed by atoms with Gasteiger partial charge in [0.05, 0.1) is 0 Å². The topological polar surface area (TPSA) is 91.7 Å². The molecule has 0 saturated carbocycles. The van der Waals surface area contributed by atoms with Crippen molar-refractivity contribution in [3.63, 3.8) is 0 Å². The first-order valence-corrected chi connectivity index (χ1v) is 5.17. The molecule has 0 aromatic carbocycles. The van der Waals surface area contributed by atoms with Crippen molar-refractivity contribution in [3.05, 3.63) is 0 Å². The van der Waals surface area contributed by atoms with Crippen LogP contribution in [0, 0.1) is 0 Å². The molecule has 7 heteroatoms. The maximum Gasteiger partial charge on any atom is 1.00 e. The third-order valence-electron chi connectivity index (χ3n) is 0.992. The van der Waals surface area contributed by atoms with Gasteiger partial charge in [-0.2, -0.15) is 0 Å². The SMILES string of the molecule is CP(=O)(O)CCC(=O)C(=O)O.[H-].[Na+]. The monoisotopic (exact) mass is 204 g/mol. The van der Waals surface area contributed by atoms with Gasteiger partial charge in [-0.3, -0.25) is 9.36 Å². The molecule has 1 atom stereocenters. The van der Waals surface area contributed by atoms with E-state index in [1.165, 1.54) is 0 Å². The molecule has 0 bridgehead atoms. The van der Waals surface area contributed by atoms with Crippen molar-refractivity contribution >= 4 is 19.1 Å². The molecule has 2 N–H and O–H groups in total. The van der Waals surface area contributed by atoms with E-state index in [1.54, 1.807) is 0 Å². The Hall–Kier alpha value is 0.330. The van der Waals surface area contributed by atoms with E-state index in [0.717, 1.165) is 6.66 Å². The van der Waals surface area contributed by atoms with Gasteiger partial charge in [0.2, 0.25) is 5.78 Å². The zero-order valence-corrected chi connectivity index (χ0v) is 9.88. The Kier molecular flexibility index (Phi) is 7.28. The van der Waals surface area contributed by atoms with E-state index in [4.69, 9.17) is 10.00 Å². The van der Waals surface area contributed by atoms with Crippen LogP contribution in [-0.2, 0) is 14.2 Å². The second kappa shape index (κ2) is 5.89. The second-order valence-electron chi connectivity index (χ2n) is 2.25. The molecule has 1 unspecified atom stereocenters. The van der Waals surface area contributed by atoms with Crippen LogP contribution in [0.3, 0.4) is 0 Å². The van der Waals surface area contributed by atoms with Gasteiger partial charge in [0.1, 0.15) is 0 Å².